The monoisotopic (exact) mass is 526 g/mol. The number of benzene rings is 1. The lowest BCUT2D eigenvalue weighted by Gasteiger charge is -2.23. The standard InChI is InChI=1S/C31H46N2O5/c1-4-5-7-27-12-13-28(38-27)11-9-24-10-14-30(36)31(18-24)37-17-15-26-19-25(21-32-26)23(3)29(8-6-16-34)33-20-22(2)35/h10,12-14,18-19,21-23,27,29,33-36H,4-9,11,15-17,20H2,1-3H3. The Labute approximate surface area is 228 Å². The van der Waals surface area contributed by atoms with E-state index in [1.165, 1.54) is 12.8 Å². The number of allylic oxidation sites excluding steroid dienone is 1. The summed E-state index contributed by atoms with van der Waals surface area (Å²) >= 11 is 0. The summed E-state index contributed by atoms with van der Waals surface area (Å²) in [6, 6.07) is 6.63. The summed E-state index contributed by atoms with van der Waals surface area (Å²) in [6.07, 6.45) is 15.3. The maximum Gasteiger partial charge on any atom is 0.176 e. The zero-order chi connectivity index (χ0) is 27.3. The smallest absolute Gasteiger partial charge is 0.176 e. The highest BCUT2D eigenvalue weighted by Gasteiger charge is 2.30. The van der Waals surface area contributed by atoms with E-state index in [0.29, 0.717) is 31.7 Å². The molecule has 0 saturated heterocycles. The molecule has 3 rings (SSSR count). The second-order valence-corrected chi connectivity index (χ2v) is 10.4. The van der Waals surface area contributed by atoms with E-state index in [1.807, 2.05) is 18.3 Å². The lowest BCUT2D eigenvalue weighted by atomic mass is 9.90. The van der Waals surface area contributed by atoms with Crippen LogP contribution in [0.4, 0.5) is 0 Å². The molecule has 0 fully saturated rings. The van der Waals surface area contributed by atoms with Crippen LogP contribution in [0.15, 0.2) is 46.7 Å². The van der Waals surface area contributed by atoms with Crippen LogP contribution < -0.4 is 10.1 Å². The van der Waals surface area contributed by atoms with Gasteiger partial charge in [-0.15, -0.1) is 4.99 Å². The lowest BCUT2D eigenvalue weighted by Crippen LogP contribution is -2.39. The lowest BCUT2D eigenvalue weighted by molar-refractivity contribution is 0.147. The molecule has 0 amide bonds. The fourth-order valence-corrected chi connectivity index (χ4v) is 4.76. The van der Waals surface area contributed by atoms with Crippen molar-refractivity contribution in [1.82, 2.24) is 5.32 Å². The van der Waals surface area contributed by atoms with Crippen molar-refractivity contribution in [2.75, 3.05) is 19.8 Å². The number of nitrogens with zero attached hydrogens (tertiary/aromatic N) is 1. The molecule has 0 bridgehead atoms. The second kappa shape index (κ2) is 15.7. The molecular formula is C31H46N2O5. The van der Waals surface area contributed by atoms with Crippen LogP contribution in [-0.4, -0.2) is 59.5 Å². The summed E-state index contributed by atoms with van der Waals surface area (Å²) in [5.41, 5.74) is 2.23. The molecule has 0 saturated carbocycles. The quantitative estimate of drug-likeness (QED) is 0.199. The number of aliphatic hydroxyl groups excluding tert-OH is 2. The Bertz CT molecular complexity index is 942. The van der Waals surface area contributed by atoms with Crippen LogP contribution in [0, 0.1) is 18.4 Å². The van der Waals surface area contributed by atoms with Crippen molar-refractivity contribution in [2.24, 2.45) is 10.9 Å². The number of hydrogen-bond donors (Lipinski definition) is 4. The van der Waals surface area contributed by atoms with Gasteiger partial charge in [0.2, 0.25) is 0 Å². The largest absolute Gasteiger partial charge is 0.592 e. The van der Waals surface area contributed by atoms with Crippen molar-refractivity contribution in [3.05, 3.63) is 59.7 Å². The van der Waals surface area contributed by atoms with Crippen LogP contribution in [0.25, 0.3) is 0 Å². The molecule has 0 spiro atoms. The van der Waals surface area contributed by atoms with Crippen molar-refractivity contribution in [3.8, 4) is 11.5 Å². The van der Waals surface area contributed by atoms with Gasteiger partial charge in [-0.2, -0.15) is 12.5 Å². The van der Waals surface area contributed by atoms with Gasteiger partial charge in [0.25, 0.3) is 0 Å². The Morgan fingerprint density at radius 1 is 1.24 bits per heavy atom. The van der Waals surface area contributed by atoms with Crippen LogP contribution in [0.1, 0.15) is 71.3 Å². The van der Waals surface area contributed by atoms with Gasteiger partial charge in [0, 0.05) is 25.3 Å². The van der Waals surface area contributed by atoms with E-state index in [-0.39, 0.29) is 30.4 Å². The molecule has 4 unspecified atom stereocenters. The van der Waals surface area contributed by atoms with Gasteiger partial charge in [0.1, 0.15) is 12.2 Å². The van der Waals surface area contributed by atoms with Crippen molar-refractivity contribution in [3.63, 3.8) is 0 Å². The minimum atomic E-state index is -0.422. The molecule has 0 radical (unpaired) electrons. The van der Waals surface area contributed by atoms with E-state index in [4.69, 9.17) is 9.47 Å². The molecule has 38 heavy (non-hydrogen) atoms. The summed E-state index contributed by atoms with van der Waals surface area (Å²) in [5, 5.41) is 32.6. The third-order valence-corrected chi connectivity index (χ3v) is 7.13. The van der Waals surface area contributed by atoms with Gasteiger partial charge in [-0.25, -0.2) is 0 Å². The number of aryl methyl sites for hydroxylation is 1. The summed E-state index contributed by atoms with van der Waals surface area (Å²) in [5.74, 6) is 1.84. The zero-order valence-electron chi connectivity index (χ0n) is 23.2. The highest BCUT2D eigenvalue weighted by Crippen LogP contribution is 2.31. The van der Waals surface area contributed by atoms with Crippen molar-refractivity contribution in [2.45, 2.75) is 90.4 Å². The summed E-state index contributed by atoms with van der Waals surface area (Å²) in [6.45, 7) is 7.19. The Balaban J connectivity index is 1.45. The minimum absolute atomic E-state index is 0.138. The highest BCUT2D eigenvalue weighted by molar-refractivity contribution is 5.83. The van der Waals surface area contributed by atoms with Crippen molar-refractivity contribution >= 4 is 6.21 Å². The van der Waals surface area contributed by atoms with E-state index in [1.54, 1.807) is 13.0 Å². The zero-order valence-corrected chi connectivity index (χ0v) is 23.2. The topological polar surface area (TPSA) is 104 Å². The molecule has 4 N–H and O–H groups in total. The summed E-state index contributed by atoms with van der Waals surface area (Å²) in [7, 11) is 0. The maximum absolute atomic E-state index is 10.3. The first-order valence-corrected chi connectivity index (χ1v) is 14.2. The molecule has 210 valence electrons. The van der Waals surface area contributed by atoms with Gasteiger partial charge in [0.15, 0.2) is 23.8 Å². The summed E-state index contributed by atoms with van der Waals surface area (Å²) in [4.78, 5) is 4.57. The van der Waals surface area contributed by atoms with Crippen LogP contribution >= 0.6 is 0 Å². The number of rotatable bonds is 18. The van der Waals surface area contributed by atoms with E-state index in [0.717, 1.165) is 48.6 Å². The molecule has 2 heterocycles. The SMILES string of the molecule is CCCCC1[CH-]C=C(CCc2ccc(O)c(OCC[C+]3C=C(C(C)C(CCCO)NCC(C)O)C=N3)c2)O1. The normalized spacial score (nSPS) is 19.0. The van der Waals surface area contributed by atoms with Crippen molar-refractivity contribution < 1.29 is 24.8 Å². The Morgan fingerprint density at radius 3 is 2.84 bits per heavy atom. The fraction of sp³-hybridized carbons (Fsp3) is 0.581. The number of nitrogens with one attached hydrogen (secondary N) is 1. The number of aliphatic imine (C=N–C) groups is 1. The predicted molar refractivity (Wildman–Crippen MR) is 152 cm³/mol. The van der Waals surface area contributed by atoms with Gasteiger partial charge in [-0.3, -0.25) is 0 Å². The van der Waals surface area contributed by atoms with Gasteiger partial charge >= 0.3 is 0 Å². The van der Waals surface area contributed by atoms with Gasteiger partial charge in [-0.1, -0.05) is 38.0 Å². The number of phenolic OH excluding ortho intramolecular Hbond substituents is 1. The average Bonchev–Trinajstić information content (AvgIpc) is 3.57. The van der Waals surface area contributed by atoms with Crippen LogP contribution in [0.5, 0.6) is 11.5 Å². The summed E-state index contributed by atoms with van der Waals surface area (Å²) < 4.78 is 12.0. The molecule has 7 heteroatoms. The Morgan fingerprint density at radius 2 is 2.08 bits per heavy atom. The number of unbranched alkanes of at least 4 members (excludes halogenated alkanes) is 1. The highest BCUT2D eigenvalue weighted by atomic mass is 16.5. The third-order valence-electron chi connectivity index (χ3n) is 7.13. The van der Waals surface area contributed by atoms with Crippen molar-refractivity contribution in [1.29, 1.82) is 0 Å². The molecule has 4 atom stereocenters. The van der Waals surface area contributed by atoms with Gasteiger partial charge < -0.3 is 30.1 Å². The number of phenols is 1. The van der Waals surface area contributed by atoms with E-state index in [2.05, 4.69) is 42.7 Å². The van der Waals surface area contributed by atoms with Gasteiger partial charge in [0.05, 0.1) is 24.5 Å². The first-order valence-electron chi connectivity index (χ1n) is 14.2. The van der Waals surface area contributed by atoms with E-state index < -0.39 is 6.10 Å². The maximum atomic E-state index is 10.3. The number of hydrogen-bond acceptors (Lipinski definition) is 7. The molecule has 2 aliphatic heterocycles. The average molecular weight is 527 g/mol. The predicted octanol–water partition coefficient (Wildman–Crippen LogP) is 5.06. The Hall–Kier alpha value is -2.61. The number of aromatic hydroxyl groups is 1. The molecule has 2 aliphatic rings. The second-order valence-electron chi connectivity index (χ2n) is 10.4. The first kappa shape index (κ1) is 29.9. The Kier molecular flexibility index (Phi) is 12.4. The fourth-order valence-electron chi connectivity index (χ4n) is 4.76. The first-order chi connectivity index (χ1) is 18.4. The molecular weight excluding hydrogens is 480 g/mol. The third kappa shape index (κ3) is 9.61. The molecule has 7 nitrogen and oxygen atoms in total. The van der Waals surface area contributed by atoms with E-state index in [9.17, 15) is 15.3 Å². The molecule has 0 aliphatic carbocycles. The molecule has 1 aromatic carbocycles. The van der Waals surface area contributed by atoms with E-state index >= 15 is 0 Å². The van der Waals surface area contributed by atoms with Crippen LogP contribution in [0.3, 0.4) is 0 Å². The van der Waals surface area contributed by atoms with Gasteiger partial charge in [-0.05, 0) is 57.2 Å². The number of ether oxygens (including phenoxy) is 2. The van der Waals surface area contributed by atoms with Crippen LogP contribution in [-0.2, 0) is 11.2 Å². The van der Waals surface area contributed by atoms with Crippen LogP contribution in [0.2, 0.25) is 0 Å². The molecule has 1 aromatic rings. The molecule has 0 aromatic heterocycles. The minimum Gasteiger partial charge on any atom is -0.592 e. The number of aliphatic hydroxyl groups is 2.